The van der Waals surface area contributed by atoms with Gasteiger partial charge in [-0.05, 0) is 40.8 Å². The summed E-state index contributed by atoms with van der Waals surface area (Å²) in [4.78, 5) is 13.7. The van der Waals surface area contributed by atoms with Crippen LogP contribution in [0.25, 0.3) is 11.3 Å². The number of H-pyrrole nitrogens is 1. The lowest BCUT2D eigenvalue weighted by Crippen LogP contribution is -2.31. The highest BCUT2D eigenvalue weighted by atomic mass is 16.1. The van der Waals surface area contributed by atoms with Crippen molar-refractivity contribution in [3.8, 4) is 17.3 Å². The lowest BCUT2D eigenvalue weighted by molar-refractivity contribution is -0.117. The zero-order valence-electron chi connectivity index (χ0n) is 15.5. The lowest BCUT2D eigenvalue weighted by Gasteiger charge is -2.30. The molecule has 2 aromatic carbocycles. The summed E-state index contributed by atoms with van der Waals surface area (Å²) in [7, 11) is 0. The normalized spacial score (nSPS) is 13.7. The number of benzene rings is 2. The van der Waals surface area contributed by atoms with E-state index in [9.17, 15) is 4.79 Å². The summed E-state index contributed by atoms with van der Waals surface area (Å²) in [6, 6.07) is 15.8. The van der Waals surface area contributed by atoms with E-state index in [4.69, 9.17) is 11.0 Å². The lowest BCUT2D eigenvalue weighted by atomic mass is 9.92. The van der Waals surface area contributed by atoms with Crippen LogP contribution >= 0.6 is 0 Å². The molecule has 28 heavy (non-hydrogen) atoms. The van der Waals surface area contributed by atoms with E-state index in [1.54, 1.807) is 0 Å². The fourth-order valence-corrected chi connectivity index (χ4v) is 3.87. The van der Waals surface area contributed by atoms with Gasteiger partial charge < -0.3 is 5.73 Å². The van der Waals surface area contributed by atoms with Crippen molar-refractivity contribution in [2.45, 2.75) is 25.9 Å². The highest BCUT2D eigenvalue weighted by Gasteiger charge is 2.21. The summed E-state index contributed by atoms with van der Waals surface area (Å²) in [5.41, 5.74) is 12.7. The summed E-state index contributed by atoms with van der Waals surface area (Å²) in [5.74, 6) is -0.290. The number of aromatic nitrogens is 2. The number of nitrogens with one attached hydrogen (secondary N) is 1. The largest absolute Gasteiger partial charge is 0.369 e. The van der Waals surface area contributed by atoms with Crippen molar-refractivity contribution in [1.29, 1.82) is 5.26 Å². The van der Waals surface area contributed by atoms with Crippen molar-refractivity contribution in [1.82, 2.24) is 15.1 Å². The number of nitrogens with two attached hydrogens (primary N) is 1. The highest BCUT2D eigenvalue weighted by Crippen LogP contribution is 2.27. The van der Waals surface area contributed by atoms with Gasteiger partial charge in [0.2, 0.25) is 5.91 Å². The van der Waals surface area contributed by atoms with E-state index in [-0.39, 0.29) is 5.91 Å². The van der Waals surface area contributed by atoms with Crippen LogP contribution in [0, 0.1) is 11.3 Å². The molecular weight excluding hydrogens is 350 g/mol. The number of carbonyl (C=O) groups excluding carboxylic acids is 1. The number of hydrogen-bond donors (Lipinski definition) is 2. The molecule has 3 N–H and O–H groups in total. The van der Waals surface area contributed by atoms with Gasteiger partial charge in [-0.3, -0.25) is 14.8 Å². The third kappa shape index (κ3) is 3.66. The summed E-state index contributed by atoms with van der Waals surface area (Å²) < 4.78 is 0. The van der Waals surface area contributed by atoms with Gasteiger partial charge in [0.1, 0.15) is 0 Å². The van der Waals surface area contributed by atoms with Gasteiger partial charge in [0.25, 0.3) is 0 Å². The maximum atomic E-state index is 11.3. The van der Waals surface area contributed by atoms with Crippen molar-refractivity contribution >= 4 is 5.91 Å². The number of aromatic amines is 1. The minimum Gasteiger partial charge on any atom is -0.369 e. The van der Waals surface area contributed by atoms with Crippen LogP contribution in [0.15, 0.2) is 48.7 Å². The molecule has 0 spiro atoms. The maximum absolute atomic E-state index is 11.3. The Morgan fingerprint density at radius 2 is 2.04 bits per heavy atom. The van der Waals surface area contributed by atoms with E-state index < -0.39 is 0 Å². The number of hydrogen-bond acceptors (Lipinski definition) is 4. The van der Waals surface area contributed by atoms with Crippen LogP contribution in [0.5, 0.6) is 0 Å². The monoisotopic (exact) mass is 371 g/mol. The zero-order chi connectivity index (χ0) is 19.5. The SMILES string of the molecule is N#Cc1ccc(-c2[nH]ncc2CN2CCc3c(CC(N)=O)cccc3C2)cc1. The molecule has 0 fully saturated rings. The third-order valence-electron chi connectivity index (χ3n) is 5.22. The molecule has 1 aromatic heterocycles. The molecule has 1 aliphatic rings. The molecule has 4 rings (SSSR count). The van der Waals surface area contributed by atoms with Gasteiger partial charge in [0.05, 0.1) is 29.9 Å². The summed E-state index contributed by atoms with van der Waals surface area (Å²) >= 11 is 0. The van der Waals surface area contributed by atoms with Gasteiger partial charge >= 0.3 is 0 Å². The molecule has 2 heterocycles. The van der Waals surface area contributed by atoms with E-state index in [0.29, 0.717) is 12.0 Å². The van der Waals surface area contributed by atoms with Crippen molar-refractivity contribution in [3.05, 3.63) is 76.5 Å². The number of rotatable bonds is 5. The Morgan fingerprint density at radius 3 is 2.79 bits per heavy atom. The van der Waals surface area contributed by atoms with Crippen molar-refractivity contribution in [2.75, 3.05) is 6.54 Å². The Hall–Kier alpha value is -3.43. The van der Waals surface area contributed by atoms with Gasteiger partial charge in [-0.25, -0.2) is 0 Å². The van der Waals surface area contributed by atoms with E-state index in [1.165, 1.54) is 11.1 Å². The molecule has 0 unspecified atom stereocenters. The quantitative estimate of drug-likeness (QED) is 0.720. The Balaban J connectivity index is 1.52. The summed E-state index contributed by atoms with van der Waals surface area (Å²) in [6.07, 6.45) is 3.07. The second kappa shape index (κ2) is 7.67. The van der Waals surface area contributed by atoms with Gasteiger partial charge in [0.15, 0.2) is 0 Å². The fraction of sp³-hybridized carbons (Fsp3) is 0.227. The molecule has 1 aliphatic heterocycles. The Labute approximate surface area is 163 Å². The van der Waals surface area contributed by atoms with Crippen molar-refractivity contribution in [2.24, 2.45) is 5.73 Å². The minimum atomic E-state index is -0.290. The summed E-state index contributed by atoms with van der Waals surface area (Å²) in [6.45, 7) is 2.53. The van der Waals surface area contributed by atoms with Gasteiger partial charge in [0, 0.05) is 25.2 Å². The first-order valence-corrected chi connectivity index (χ1v) is 9.27. The van der Waals surface area contributed by atoms with Crippen LogP contribution in [0.4, 0.5) is 0 Å². The van der Waals surface area contributed by atoms with E-state index in [2.05, 4.69) is 27.2 Å². The predicted molar refractivity (Wildman–Crippen MR) is 106 cm³/mol. The van der Waals surface area contributed by atoms with Crippen LogP contribution in [0.1, 0.15) is 27.8 Å². The smallest absolute Gasteiger partial charge is 0.221 e. The first kappa shape index (κ1) is 18.0. The standard InChI is InChI=1S/C22H21N5O/c23-11-15-4-6-16(7-5-15)22-19(12-25-26-22)14-27-9-8-20-17(10-21(24)28)2-1-3-18(20)13-27/h1-7,12H,8-10,13-14H2,(H2,24,28)(H,25,26). The molecule has 1 amide bonds. The molecule has 0 saturated heterocycles. The number of primary amides is 1. The zero-order valence-corrected chi connectivity index (χ0v) is 15.5. The maximum Gasteiger partial charge on any atom is 0.221 e. The average molecular weight is 371 g/mol. The van der Waals surface area contributed by atoms with Crippen LogP contribution < -0.4 is 5.73 Å². The molecule has 0 radical (unpaired) electrons. The molecule has 3 aromatic rings. The van der Waals surface area contributed by atoms with Crippen molar-refractivity contribution < 1.29 is 4.79 Å². The average Bonchev–Trinajstić information content (AvgIpc) is 3.16. The van der Waals surface area contributed by atoms with Crippen LogP contribution in [-0.2, 0) is 30.7 Å². The minimum absolute atomic E-state index is 0.290. The number of nitrogens with zero attached hydrogens (tertiary/aromatic N) is 3. The Bertz CT molecular complexity index is 1050. The third-order valence-corrected chi connectivity index (χ3v) is 5.22. The Morgan fingerprint density at radius 1 is 1.21 bits per heavy atom. The molecule has 0 bridgehead atoms. The van der Waals surface area contributed by atoms with Crippen LogP contribution in [-0.4, -0.2) is 27.5 Å². The fourth-order valence-electron chi connectivity index (χ4n) is 3.87. The molecule has 0 aliphatic carbocycles. The highest BCUT2D eigenvalue weighted by molar-refractivity contribution is 5.77. The molecule has 140 valence electrons. The van der Waals surface area contributed by atoms with Crippen LogP contribution in [0.2, 0.25) is 0 Å². The number of fused-ring (bicyclic) bond motifs is 1. The molecule has 0 atom stereocenters. The summed E-state index contributed by atoms with van der Waals surface area (Å²) in [5, 5.41) is 16.3. The van der Waals surface area contributed by atoms with E-state index >= 15 is 0 Å². The van der Waals surface area contributed by atoms with Crippen LogP contribution in [0.3, 0.4) is 0 Å². The first-order chi connectivity index (χ1) is 13.6. The number of nitriles is 1. The Kier molecular flexibility index (Phi) is 4.92. The second-order valence-corrected chi connectivity index (χ2v) is 7.12. The molecule has 6 nitrogen and oxygen atoms in total. The number of amides is 1. The second-order valence-electron chi connectivity index (χ2n) is 7.12. The predicted octanol–water partition coefficient (Wildman–Crippen LogP) is 2.53. The van der Waals surface area contributed by atoms with Gasteiger partial charge in [-0.1, -0.05) is 30.3 Å². The van der Waals surface area contributed by atoms with E-state index in [1.807, 2.05) is 42.6 Å². The molecule has 6 heteroatoms. The van der Waals surface area contributed by atoms with Gasteiger partial charge in [-0.15, -0.1) is 0 Å². The topological polar surface area (TPSA) is 98.8 Å². The molecular formula is C22H21N5O. The molecule has 0 saturated carbocycles. The first-order valence-electron chi connectivity index (χ1n) is 9.27. The van der Waals surface area contributed by atoms with Crippen molar-refractivity contribution in [3.63, 3.8) is 0 Å². The van der Waals surface area contributed by atoms with E-state index in [0.717, 1.165) is 48.4 Å². The number of carbonyl (C=O) groups is 1. The van der Waals surface area contributed by atoms with Gasteiger partial charge in [-0.2, -0.15) is 10.4 Å².